The number of carboxylic acid groups (broad SMARTS) is 1. The van der Waals surface area contributed by atoms with Gasteiger partial charge in [-0.3, -0.25) is 14.5 Å². The van der Waals surface area contributed by atoms with Crippen LogP contribution in [0.25, 0.3) is 0 Å². The topological polar surface area (TPSA) is 69.6 Å². The summed E-state index contributed by atoms with van der Waals surface area (Å²) < 4.78 is 0. The first-order valence-corrected chi connectivity index (χ1v) is 5.21. The minimum absolute atomic E-state index is 0.125. The molecule has 0 aliphatic rings. The van der Waals surface area contributed by atoms with Gasteiger partial charge >= 0.3 is 5.97 Å². The molecule has 0 saturated carbocycles. The third-order valence-corrected chi connectivity index (χ3v) is 2.44. The molecule has 2 N–H and O–H groups in total. The monoisotopic (exact) mass is 228 g/mol. The highest BCUT2D eigenvalue weighted by atomic mass is 16.4. The number of rotatable bonds is 7. The van der Waals surface area contributed by atoms with Gasteiger partial charge in [0.15, 0.2) is 0 Å². The molecule has 0 rings (SSSR count). The first kappa shape index (κ1) is 14.6. The van der Waals surface area contributed by atoms with Crippen molar-refractivity contribution in [1.82, 2.24) is 10.2 Å². The van der Waals surface area contributed by atoms with Crippen molar-refractivity contribution < 1.29 is 14.7 Å². The lowest BCUT2D eigenvalue weighted by Gasteiger charge is -2.25. The summed E-state index contributed by atoms with van der Waals surface area (Å²) in [5.74, 6) is -1.47. The standard InChI is InChI=1S/C11H20N2O3/c1-5-6-12-10(14)9(3)13(4)7-8(2)11(15)16/h5,8-9H,1,6-7H2,2-4H3,(H,12,14)(H,15,16). The number of nitrogens with one attached hydrogen (secondary N) is 1. The molecule has 0 radical (unpaired) electrons. The molecule has 0 heterocycles. The van der Waals surface area contributed by atoms with E-state index in [1.54, 1.807) is 31.9 Å². The third kappa shape index (κ3) is 4.93. The van der Waals surface area contributed by atoms with Crippen LogP contribution in [0.5, 0.6) is 0 Å². The van der Waals surface area contributed by atoms with E-state index in [4.69, 9.17) is 5.11 Å². The summed E-state index contributed by atoms with van der Waals surface area (Å²) in [5.41, 5.74) is 0. The maximum Gasteiger partial charge on any atom is 0.307 e. The average Bonchev–Trinajstić information content (AvgIpc) is 2.24. The molecule has 0 aromatic carbocycles. The van der Waals surface area contributed by atoms with Gasteiger partial charge in [-0.1, -0.05) is 13.0 Å². The molecule has 0 aliphatic carbocycles. The van der Waals surface area contributed by atoms with Crippen LogP contribution in [0.2, 0.25) is 0 Å². The van der Waals surface area contributed by atoms with Crippen molar-refractivity contribution in [2.45, 2.75) is 19.9 Å². The molecule has 2 unspecified atom stereocenters. The first-order valence-electron chi connectivity index (χ1n) is 5.21. The SMILES string of the molecule is C=CCNC(=O)C(C)N(C)CC(C)C(=O)O. The molecular weight excluding hydrogens is 208 g/mol. The number of nitrogens with zero attached hydrogens (tertiary/aromatic N) is 1. The molecule has 0 aromatic rings. The van der Waals surface area contributed by atoms with Crippen LogP contribution in [0.4, 0.5) is 0 Å². The normalized spacial score (nSPS) is 14.2. The molecule has 5 nitrogen and oxygen atoms in total. The van der Waals surface area contributed by atoms with Crippen LogP contribution < -0.4 is 5.32 Å². The molecule has 5 heteroatoms. The number of hydrogen-bond donors (Lipinski definition) is 2. The highest BCUT2D eigenvalue weighted by Gasteiger charge is 2.21. The Labute approximate surface area is 96.1 Å². The van der Waals surface area contributed by atoms with Gasteiger partial charge in [0.1, 0.15) is 0 Å². The highest BCUT2D eigenvalue weighted by Crippen LogP contribution is 2.02. The molecule has 0 fully saturated rings. The van der Waals surface area contributed by atoms with Crippen LogP contribution in [-0.4, -0.2) is 48.1 Å². The Morgan fingerprint density at radius 2 is 2.06 bits per heavy atom. The second kappa shape index (κ2) is 7.00. The molecule has 0 bridgehead atoms. The van der Waals surface area contributed by atoms with E-state index < -0.39 is 11.9 Å². The predicted octanol–water partition coefficient (Wildman–Crippen LogP) is 0.330. The van der Waals surface area contributed by atoms with Crippen molar-refractivity contribution in [3.05, 3.63) is 12.7 Å². The summed E-state index contributed by atoms with van der Waals surface area (Å²) >= 11 is 0. The summed E-state index contributed by atoms with van der Waals surface area (Å²) in [6.45, 7) is 7.63. The average molecular weight is 228 g/mol. The Kier molecular flexibility index (Phi) is 6.41. The maximum atomic E-state index is 11.5. The Bertz CT molecular complexity index is 266. The molecule has 0 saturated heterocycles. The summed E-state index contributed by atoms with van der Waals surface area (Å²) in [4.78, 5) is 23.9. The minimum Gasteiger partial charge on any atom is -0.481 e. The van der Waals surface area contributed by atoms with Crippen molar-refractivity contribution in [2.24, 2.45) is 5.92 Å². The van der Waals surface area contributed by atoms with Crippen LogP contribution in [0.1, 0.15) is 13.8 Å². The summed E-state index contributed by atoms with van der Waals surface area (Å²) in [6.07, 6.45) is 1.60. The fourth-order valence-electron chi connectivity index (χ4n) is 1.19. The number of carboxylic acids is 1. The van der Waals surface area contributed by atoms with E-state index in [0.717, 1.165) is 0 Å². The molecule has 2 atom stereocenters. The predicted molar refractivity (Wildman–Crippen MR) is 62.1 cm³/mol. The lowest BCUT2D eigenvalue weighted by atomic mass is 10.1. The largest absolute Gasteiger partial charge is 0.481 e. The Morgan fingerprint density at radius 1 is 1.50 bits per heavy atom. The van der Waals surface area contributed by atoms with E-state index in [1.807, 2.05) is 0 Å². The molecule has 16 heavy (non-hydrogen) atoms. The second-order valence-electron chi connectivity index (χ2n) is 3.89. The van der Waals surface area contributed by atoms with Crippen molar-refractivity contribution in [3.63, 3.8) is 0 Å². The number of hydrogen-bond acceptors (Lipinski definition) is 3. The quantitative estimate of drug-likeness (QED) is 0.616. The van der Waals surface area contributed by atoms with Gasteiger partial charge in [-0.05, 0) is 14.0 Å². The number of likely N-dealkylation sites (N-methyl/N-ethyl adjacent to an activating group) is 1. The zero-order valence-electron chi connectivity index (χ0n) is 10.1. The summed E-state index contributed by atoms with van der Waals surface area (Å²) in [5, 5.41) is 11.4. The van der Waals surface area contributed by atoms with Gasteiger partial charge in [0.05, 0.1) is 12.0 Å². The van der Waals surface area contributed by atoms with Gasteiger partial charge in [-0.15, -0.1) is 6.58 Å². The van der Waals surface area contributed by atoms with Gasteiger partial charge < -0.3 is 10.4 Å². The third-order valence-electron chi connectivity index (χ3n) is 2.44. The lowest BCUT2D eigenvalue weighted by molar-refractivity contribution is -0.142. The van der Waals surface area contributed by atoms with Gasteiger partial charge in [0, 0.05) is 13.1 Å². The van der Waals surface area contributed by atoms with Gasteiger partial charge in [-0.2, -0.15) is 0 Å². The summed E-state index contributed by atoms with van der Waals surface area (Å²) in [7, 11) is 1.73. The number of aliphatic carboxylic acids is 1. The van der Waals surface area contributed by atoms with Crippen molar-refractivity contribution in [2.75, 3.05) is 20.1 Å². The van der Waals surface area contributed by atoms with Crippen LogP contribution in [0, 0.1) is 5.92 Å². The molecular formula is C11H20N2O3. The molecule has 1 amide bonds. The molecule has 92 valence electrons. The first-order chi connectivity index (χ1) is 7.40. The van der Waals surface area contributed by atoms with Crippen LogP contribution in [-0.2, 0) is 9.59 Å². The smallest absolute Gasteiger partial charge is 0.307 e. The number of carbonyl (C=O) groups excluding carboxylic acids is 1. The summed E-state index contributed by atoms with van der Waals surface area (Å²) in [6, 6.07) is -0.346. The van der Waals surface area contributed by atoms with Gasteiger partial charge in [0.2, 0.25) is 5.91 Å². The molecule has 0 aromatic heterocycles. The number of amides is 1. The van der Waals surface area contributed by atoms with E-state index in [2.05, 4.69) is 11.9 Å². The van der Waals surface area contributed by atoms with Gasteiger partial charge in [-0.25, -0.2) is 0 Å². The Hall–Kier alpha value is -1.36. The van der Waals surface area contributed by atoms with Crippen LogP contribution >= 0.6 is 0 Å². The number of carbonyl (C=O) groups is 2. The van der Waals surface area contributed by atoms with E-state index in [0.29, 0.717) is 13.1 Å². The van der Waals surface area contributed by atoms with Crippen LogP contribution in [0.3, 0.4) is 0 Å². The zero-order chi connectivity index (χ0) is 12.7. The van der Waals surface area contributed by atoms with Crippen molar-refractivity contribution in [1.29, 1.82) is 0 Å². The van der Waals surface area contributed by atoms with Crippen LogP contribution in [0.15, 0.2) is 12.7 Å². The van der Waals surface area contributed by atoms with Crippen molar-refractivity contribution >= 4 is 11.9 Å². The lowest BCUT2D eigenvalue weighted by Crippen LogP contribution is -2.45. The van der Waals surface area contributed by atoms with E-state index >= 15 is 0 Å². The van der Waals surface area contributed by atoms with Gasteiger partial charge in [0.25, 0.3) is 0 Å². The zero-order valence-corrected chi connectivity index (χ0v) is 10.1. The minimum atomic E-state index is -0.856. The fourth-order valence-corrected chi connectivity index (χ4v) is 1.19. The Balaban J connectivity index is 4.16. The van der Waals surface area contributed by atoms with E-state index in [1.165, 1.54) is 0 Å². The van der Waals surface area contributed by atoms with E-state index in [9.17, 15) is 9.59 Å². The molecule has 0 aliphatic heterocycles. The van der Waals surface area contributed by atoms with E-state index in [-0.39, 0.29) is 11.9 Å². The second-order valence-corrected chi connectivity index (χ2v) is 3.89. The highest BCUT2D eigenvalue weighted by molar-refractivity contribution is 5.81. The van der Waals surface area contributed by atoms with Crippen molar-refractivity contribution in [3.8, 4) is 0 Å². The Morgan fingerprint density at radius 3 is 2.50 bits per heavy atom. The molecule has 0 spiro atoms. The maximum absolute atomic E-state index is 11.5. The fraction of sp³-hybridized carbons (Fsp3) is 0.636.